The average Bonchev–Trinajstić information content (AvgIpc) is 2.83. The second kappa shape index (κ2) is 6.35. The van der Waals surface area contributed by atoms with Crippen LogP contribution in [0.5, 0.6) is 5.75 Å². The molecule has 5 heteroatoms. The van der Waals surface area contributed by atoms with Crippen LogP contribution in [-0.2, 0) is 6.42 Å². The molecular formula is C19H20N4O. The Balaban J connectivity index is 1.93. The minimum Gasteiger partial charge on any atom is -0.494 e. The van der Waals surface area contributed by atoms with E-state index in [4.69, 9.17) is 9.84 Å². The first kappa shape index (κ1) is 14.8. The summed E-state index contributed by atoms with van der Waals surface area (Å²) in [7, 11) is 1.69. The van der Waals surface area contributed by atoms with Gasteiger partial charge in [0.1, 0.15) is 17.3 Å². The van der Waals surface area contributed by atoms with E-state index in [0.29, 0.717) is 0 Å². The number of hydrogen-bond donors (Lipinski definition) is 1. The highest BCUT2D eigenvalue weighted by Crippen LogP contribution is 2.35. The van der Waals surface area contributed by atoms with E-state index in [1.165, 1.54) is 5.56 Å². The normalized spacial score (nSPS) is 13.7. The van der Waals surface area contributed by atoms with Crippen molar-refractivity contribution in [2.45, 2.75) is 19.3 Å². The van der Waals surface area contributed by atoms with Crippen molar-refractivity contribution in [3.05, 3.63) is 54.4 Å². The number of nitrogens with one attached hydrogen (secondary N) is 1. The van der Waals surface area contributed by atoms with Gasteiger partial charge in [0.2, 0.25) is 0 Å². The summed E-state index contributed by atoms with van der Waals surface area (Å²) in [4.78, 5) is 4.12. The van der Waals surface area contributed by atoms with E-state index in [2.05, 4.69) is 10.3 Å². The number of para-hydroxylation sites is 2. The van der Waals surface area contributed by atoms with Crippen molar-refractivity contribution in [3.8, 4) is 22.7 Å². The van der Waals surface area contributed by atoms with Crippen molar-refractivity contribution in [2.75, 3.05) is 19.0 Å². The van der Waals surface area contributed by atoms with E-state index in [1.807, 2.05) is 53.5 Å². The molecule has 0 saturated heterocycles. The molecule has 1 aromatic carbocycles. The fourth-order valence-electron chi connectivity index (χ4n) is 3.22. The number of anilines is 1. The largest absolute Gasteiger partial charge is 0.494 e. The lowest BCUT2D eigenvalue weighted by Gasteiger charge is -2.12. The lowest BCUT2D eigenvalue weighted by Crippen LogP contribution is -2.08. The number of hydrogen-bond acceptors (Lipinski definition) is 4. The highest BCUT2D eigenvalue weighted by atomic mass is 16.5. The summed E-state index contributed by atoms with van der Waals surface area (Å²) < 4.78 is 7.52. The van der Waals surface area contributed by atoms with E-state index in [-0.39, 0.29) is 0 Å². The summed E-state index contributed by atoms with van der Waals surface area (Å²) in [5.41, 5.74) is 4.34. The number of methoxy groups -OCH3 is 1. The van der Waals surface area contributed by atoms with Gasteiger partial charge in [-0.05, 0) is 43.5 Å². The molecule has 0 spiro atoms. The van der Waals surface area contributed by atoms with E-state index < -0.39 is 0 Å². The van der Waals surface area contributed by atoms with E-state index in [9.17, 15) is 0 Å². The van der Waals surface area contributed by atoms with E-state index in [1.54, 1.807) is 7.11 Å². The van der Waals surface area contributed by atoms with Gasteiger partial charge in [-0.15, -0.1) is 0 Å². The molecular weight excluding hydrogens is 300 g/mol. The van der Waals surface area contributed by atoms with Gasteiger partial charge in [-0.25, -0.2) is 4.68 Å². The topological polar surface area (TPSA) is 52.0 Å². The fourth-order valence-corrected chi connectivity index (χ4v) is 3.22. The van der Waals surface area contributed by atoms with Crippen LogP contribution in [0.25, 0.3) is 16.9 Å². The van der Waals surface area contributed by atoms with Crippen molar-refractivity contribution >= 4 is 5.82 Å². The first-order valence-corrected chi connectivity index (χ1v) is 8.28. The Morgan fingerprint density at radius 2 is 1.92 bits per heavy atom. The molecule has 3 aromatic rings. The molecule has 24 heavy (non-hydrogen) atoms. The Morgan fingerprint density at radius 1 is 1.08 bits per heavy atom. The third-order valence-corrected chi connectivity index (χ3v) is 4.40. The summed E-state index contributed by atoms with van der Waals surface area (Å²) in [6, 6.07) is 12.0. The number of rotatable bonds is 3. The van der Waals surface area contributed by atoms with Gasteiger partial charge in [-0.1, -0.05) is 12.1 Å². The number of ether oxygens (including phenoxy) is 1. The highest BCUT2D eigenvalue weighted by molar-refractivity contribution is 5.71. The number of pyridine rings is 1. The lowest BCUT2D eigenvalue weighted by molar-refractivity contribution is 0.412. The maximum atomic E-state index is 5.54. The van der Waals surface area contributed by atoms with Crippen LogP contribution in [0, 0.1) is 0 Å². The molecule has 1 aliphatic heterocycles. The molecule has 0 unspecified atom stereocenters. The molecule has 5 nitrogen and oxygen atoms in total. The van der Waals surface area contributed by atoms with Crippen molar-refractivity contribution in [3.63, 3.8) is 0 Å². The van der Waals surface area contributed by atoms with Crippen LogP contribution < -0.4 is 10.1 Å². The molecule has 0 aliphatic carbocycles. The van der Waals surface area contributed by atoms with Crippen LogP contribution in [-0.4, -0.2) is 28.4 Å². The fraction of sp³-hybridized carbons (Fsp3) is 0.263. The van der Waals surface area contributed by atoms with Crippen LogP contribution in [0.2, 0.25) is 0 Å². The third-order valence-electron chi connectivity index (χ3n) is 4.40. The van der Waals surface area contributed by atoms with Gasteiger partial charge in [-0.2, -0.15) is 5.10 Å². The standard InChI is InChI=1S/C19H20N4O/c1-24-17-8-3-2-7-16(17)23-19-15(6-4-5-11-21-19)18(22-23)14-9-12-20-13-10-14/h2-3,7-10,12-13,21H,4-6,11H2,1H3. The Bertz CT molecular complexity index is 842. The zero-order valence-corrected chi connectivity index (χ0v) is 13.7. The number of aromatic nitrogens is 3. The Labute approximate surface area is 141 Å². The minimum atomic E-state index is 0.815. The van der Waals surface area contributed by atoms with Crippen molar-refractivity contribution in [1.82, 2.24) is 14.8 Å². The molecule has 0 atom stereocenters. The van der Waals surface area contributed by atoms with Crippen LogP contribution in [0.1, 0.15) is 18.4 Å². The summed E-state index contributed by atoms with van der Waals surface area (Å²) in [6.07, 6.45) is 6.98. The van der Waals surface area contributed by atoms with Gasteiger partial charge in [0.05, 0.1) is 12.8 Å². The van der Waals surface area contributed by atoms with Crippen molar-refractivity contribution in [2.24, 2.45) is 0 Å². The molecule has 1 N–H and O–H groups in total. The molecule has 122 valence electrons. The van der Waals surface area contributed by atoms with Crippen LogP contribution >= 0.6 is 0 Å². The number of fused-ring (bicyclic) bond motifs is 1. The number of nitrogens with zero attached hydrogens (tertiary/aromatic N) is 3. The first-order chi connectivity index (χ1) is 11.9. The SMILES string of the molecule is COc1ccccc1-n1nc(-c2ccncc2)c2c1NCCCC2. The number of benzene rings is 1. The molecule has 0 fully saturated rings. The molecule has 0 amide bonds. The molecule has 3 heterocycles. The van der Waals surface area contributed by atoms with Crippen molar-refractivity contribution < 1.29 is 4.74 Å². The second-order valence-corrected chi connectivity index (χ2v) is 5.88. The molecule has 1 aliphatic rings. The minimum absolute atomic E-state index is 0.815. The zero-order valence-electron chi connectivity index (χ0n) is 13.7. The van der Waals surface area contributed by atoms with Gasteiger partial charge in [0.15, 0.2) is 0 Å². The maximum Gasteiger partial charge on any atom is 0.144 e. The lowest BCUT2D eigenvalue weighted by atomic mass is 10.0. The Kier molecular flexibility index (Phi) is 3.91. The predicted octanol–water partition coefficient (Wildman–Crippen LogP) is 3.69. The van der Waals surface area contributed by atoms with Gasteiger partial charge < -0.3 is 10.1 Å². The van der Waals surface area contributed by atoms with Gasteiger partial charge in [0.25, 0.3) is 0 Å². The van der Waals surface area contributed by atoms with E-state index >= 15 is 0 Å². The molecule has 0 radical (unpaired) electrons. The summed E-state index contributed by atoms with van der Waals surface area (Å²) in [5.74, 6) is 1.89. The first-order valence-electron chi connectivity index (χ1n) is 8.28. The molecule has 0 saturated carbocycles. The zero-order chi connectivity index (χ0) is 16.4. The second-order valence-electron chi connectivity index (χ2n) is 5.88. The maximum absolute atomic E-state index is 5.54. The van der Waals surface area contributed by atoms with Crippen LogP contribution in [0.15, 0.2) is 48.8 Å². The monoisotopic (exact) mass is 320 g/mol. The Morgan fingerprint density at radius 3 is 2.75 bits per heavy atom. The molecule has 2 aromatic heterocycles. The van der Waals surface area contributed by atoms with E-state index in [0.717, 1.165) is 54.3 Å². The van der Waals surface area contributed by atoms with Gasteiger partial charge in [-0.3, -0.25) is 4.98 Å². The van der Waals surface area contributed by atoms with Gasteiger partial charge >= 0.3 is 0 Å². The molecule has 4 rings (SSSR count). The quantitative estimate of drug-likeness (QED) is 0.799. The van der Waals surface area contributed by atoms with Gasteiger partial charge in [0, 0.05) is 30.1 Å². The smallest absolute Gasteiger partial charge is 0.144 e. The van der Waals surface area contributed by atoms with Crippen LogP contribution in [0.3, 0.4) is 0 Å². The van der Waals surface area contributed by atoms with Crippen LogP contribution in [0.4, 0.5) is 5.82 Å². The van der Waals surface area contributed by atoms with Crippen molar-refractivity contribution in [1.29, 1.82) is 0 Å². The molecule has 0 bridgehead atoms. The highest BCUT2D eigenvalue weighted by Gasteiger charge is 2.22. The summed E-state index contributed by atoms with van der Waals surface area (Å²) >= 11 is 0. The third kappa shape index (κ3) is 2.52. The predicted molar refractivity (Wildman–Crippen MR) is 94.8 cm³/mol. The summed E-state index contributed by atoms with van der Waals surface area (Å²) in [5, 5.41) is 8.49. The average molecular weight is 320 g/mol. The Hall–Kier alpha value is -2.82. The summed E-state index contributed by atoms with van der Waals surface area (Å²) in [6.45, 7) is 0.962.